The van der Waals surface area contributed by atoms with Gasteiger partial charge < -0.3 is 9.13 Å². The van der Waals surface area contributed by atoms with Gasteiger partial charge in [0, 0.05) is 33.6 Å². The third-order valence-corrected chi connectivity index (χ3v) is 7.40. The molecule has 8 rings (SSSR count). The molecular formula is C34H22N4. The minimum absolute atomic E-state index is 0.728. The van der Waals surface area contributed by atoms with Crippen LogP contribution in [0.4, 0.5) is 0 Å². The van der Waals surface area contributed by atoms with Gasteiger partial charge in [-0.25, -0.2) is 9.97 Å². The third kappa shape index (κ3) is 3.17. The quantitative estimate of drug-likeness (QED) is 0.252. The molecule has 8 aromatic rings. The van der Waals surface area contributed by atoms with E-state index in [4.69, 9.17) is 9.97 Å². The maximum Gasteiger partial charge on any atom is 0.159 e. The first-order chi connectivity index (χ1) is 18.8. The van der Waals surface area contributed by atoms with Crippen LogP contribution in [0.3, 0.4) is 0 Å². The van der Waals surface area contributed by atoms with Crippen LogP contribution < -0.4 is 0 Å². The molecule has 178 valence electrons. The summed E-state index contributed by atoms with van der Waals surface area (Å²) in [7, 11) is 0. The molecular weight excluding hydrogens is 464 g/mol. The zero-order valence-electron chi connectivity index (χ0n) is 20.5. The lowest BCUT2D eigenvalue weighted by atomic mass is 10.0. The van der Waals surface area contributed by atoms with Crippen LogP contribution in [0.5, 0.6) is 0 Å². The van der Waals surface area contributed by atoms with Crippen molar-refractivity contribution in [1.82, 2.24) is 19.1 Å². The number of fused-ring (bicyclic) bond motifs is 5. The molecule has 0 fully saturated rings. The highest BCUT2D eigenvalue weighted by atomic mass is 15.0. The maximum atomic E-state index is 4.72. The van der Waals surface area contributed by atoms with Crippen LogP contribution in [0.15, 0.2) is 134 Å². The van der Waals surface area contributed by atoms with Gasteiger partial charge in [0.05, 0.1) is 34.6 Å². The van der Waals surface area contributed by atoms with Crippen LogP contribution in [0.1, 0.15) is 0 Å². The molecule has 0 unspecified atom stereocenters. The van der Waals surface area contributed by atoms with Crippen molar-refractivity contribution in [2.24, 2.45) is 0 Å². The van der Waals surface area contributed by atoms with E-state index in [9.17, 15) is 0 Å². The Balaban J connectivity index is 1.35. The molecule has 3 heterocycles. The molecule has 0 radical (unpaired) electrons. The number of rotatable bonds is 3. The van der Waals surface area contributed by atoms with Gasteiger partial charge in [-0.05, 0) is 59.3 Å². The lowest BCUT2D eigenvalue weighted by Crippen LogP contribution is -1.97. The van der Waals surface area contributed by atoms with Crippen LogP contribution in [-0.2, 0) is 0 Å². The molecule has 5 aromatic carbocycles. The molecule has 0 bridgehead atoms. The molecule has 0 saturated carbocycles. The van der Waals surface area contributed by atoms with Crippen molar-refractivity contribution in [3.8, 4) is 22.8 Å². The van der Waals surface area contributed by atoms with Gasteiger partial charge in [-0.1, -0.05) is 66.7 Å². The normalized spacial score (nSPS) is 11.7. The van der Waals surface area contributed by atoms with Gasteiger partial charge in [0.2, 0.25) is 0 Å². The van der Waals surface area contributed by atoms with E-state index in [0.717, 1.165) is 28.1 Å². The Morgan fingerprint density at radius 1 is 0.474 bits per heavy atom. The zero-order chi connectivity index (χ0) is 25.1. The van der Waals surface area contributed by atoms with Crippen LogP contribution in [0, 0.1) is 0 Å². The van der Waals surface area contributed by atoms with Gasteiger partial charge in [0.25, 0.3) is 0 Å². The van der Waals surface area contributed by atoms with E-state index in [1.54, 1.807) is 0 Å². The van der Waals surface area contributed by atoms with Crippen LogP contribution in [0.2, 0.25) is 0 Å². The summed E-state index contributed by atoms with van der Waals surface area (Å²) < 4.78 is 4.53. The summed E-state index contributed by atoms with van der Waals surface area (Å²) in [4.78, 5) is 9.44. The van der Waals surface area contributed by atoms with Gasteiger partial charge in [-0.2, -0.15) is 0 Å². The third-order valence-electron chi connectivity index (χ3n) is 7.40. The van der Waals surface area contributed by atoms with Gasteiger partial charge in [-0.3, -0.25) is 0 Å². The first kappa shape index (κ1) is 20.9. The number of nitrogens with zero attached hydrogens (tertiary/aromatic N) is 4. The van der Waals surface area contributed by atoms with Crippen molar-refractivity contribution in [3.63, 3.8) is 0 Å². The van der Waals surface area contributed by atoms with Gasteiger partial charge in [0.1, 0.15) is 0 Å². The largest absolute Gasteiger partial charge is 0.317 e. The Bertz CT molecular complexity index is 2100. The second-order valence-electron chi connectivity index (χ2n) is 9.63. The highest BCUT2D eigenvalue weighted by molar-refractivity contribution is 6.15. The van der Waals surface area contributed by atoms with E-state index >= 15 is 0 Å². The molecule has 0 saturated heterocycles. The smallest absolute Gasteiger partial charge is 0.159 e. The highest BCUT2D eigenvalue weighted by Crippen LogP contribution is 2.36. The van der Waals surface area contributed by atoms with Crippen molar-refractivity contribution >= 4 is 43.5 Å². The zero-order valence-corrected chi connectivity index (χ0v) is 20.5. The minimum atomic E-state index is 0.728. The van der Waals surface area contributed by atoms with E-state index in [-0.39, 0.29) is 0 Å². The fourth-order valence-electron chi connectivity index (χ4n) is 5.61. The molecule has 0 aliphatic carbocycles. The van der Waals surface area contributed by atoms with Crippen molar-refractivity contribution in [3.05, 3.63) is 134 Å². The van der Waals surface area contributed by atoms with Crippen LogP contribution >= 0.6 is 0 Å². The van der Waals surface area contributed by atoms with Crippen molar-refractivity contribution in [2.75, 3.05) is 0 Å². The number of para-hydroxylation sites is 2. The summed E-state index contributed by atoms with van der Waals surface area (Å²) in [6.45, 7) is 0. The highest BCUT2D eigenvalue weighted by Gasteiger charge is 2.15. The van der Waals surface area contributed by atoms with Crippen LogP contribution in [-0.4, -0.2) is 19.1 Å². The Hall–Kier alpha value is -5.22. The molecule has 0 atom stereocenters. The van der Waals surface area contributed by atoms with Crippen molar-refractivity contribution in [1.29, 1.82) is 0 Å². The monoisotopic (exact) mass is 486 g/mol. The number of aromatic nitrogens is 4. The standard InChI is InChI=1S/C34H22N4/c1-3-9-23(10-4-1)34-35-21-28(22-36-34)38-31-14-8-7-13-29(31)30-18-26-19-32-24(17-25(26)20-33(30)38)15-16-37(32)27-11-5-2-6-12-27/h1-22H. The first-order valence-electron chi connectivity index (χ1n) is 12.7. The van der Waals surface area contributed by atoms with E-state index in [0.29, 0.717) is 0 Å². The fraction of sp³-hybridized carbons (Fsp3) is 0. The average molecular weight is 487 g/mol. The fourth-order valence-corrected chi connectivity index (χ4v) is 5.61. The molecule has 0 N–H and O–H groups in total. The van der Waals surface area contributed by atoms with E-state index in [1.807, 2.05) is 42.7 Å². The van der Waals surface area contributed by atoms with Crippen molar-refractivity contribution in [2.45, 2.75) is 0 Å². The average Bonchev–Trinajstić information content (AvgIpc) is 3.54. The van der Waals surface area contributed by atoms with E-state index in [1.165, 1.54) is 38.1 Å². The van der Waals surface area contributed by atoms with Crippen molar-refractivity contribution < 1.29 is 0 Å². The first-order valence-corrected chi connectivity index (χ1v) is 12.7. The predicted molar refractivity (Wildman–Crippen MR) is 156 cm³/mol. The molecule has 0 aliphatic rings. The summed E-state index contributed by atoms with van der Waals surface area (Å²) in [5.41, 5.74) is 6.63. The topological polar surface area (TPSA) is 35.6 Å². The number of benzene rings is 5. The summed E-state index contributed by atoms with van der Waals surface area (Å²) in [6, 6.07) is 40.6. The summed E-state index contributed by atoms with van der Waals surface area (Å²) in [6.07, 6.45) is 6.00. The molecule has 38 heavy (non-hydrogen) atoms. The lowest BCUT2D eigenvalue weighted by molar-refractivity contribution is 1.08. The number of hydrogen-bond donors (Lipinski definition) is 0. The maximum absolute atomic E-state index is 4.72. The second-order valence-corrected chi connectivity index (χ2v) is 9.63. The van der Waals surface area contributed by atoms with E-state index < -0.39 is 0 Å². The Kier molecular flexibility index (Phi) is 4.49. The van der Waals surface area contributed by atoms with Gasteiger partial charge >= 0.3 is 0 Å². The SMILES string of the molecule is c1ccc(-c2ncc(-n3c4ccccc4c4cc5cc6c(ccn6-c6ccccc6)cc5cc43)cn2)cc1. The molecule has 3 aromatic heterocycles. The summed E-state index contributed by atoms with van der Waals surface area (Å²) in [5.74, 6) is 0.728. The van der Waals surface area contributed by atoms with Crippen LogP contribution in [0.25, 0.3) is 66.2 Å². The van der Waals surface area contributed by atoms with E-state index in [2.05, 4.69) is 100 Å². The predicted octanol–water partition coefficient (Wildman–Crippen LogP) is 8.34. The minimum Gasteiger partial charge on any atom is -0.317 e. The molecule has 4 heteroatoms. The Morgan fingerprint density at radius 3 is 1.97 bits per heavy atom. The molecule has 0 aliphatic heterocycles. The molecule has 4 nitrogen and oxygen atoms in total. The second kappa shape index (κ2) is 8.15. The number of hydrogen-bond acceptors (Lipinski definition) is 2. The molecule has 0 spiro atoms. The Labute approximate surface area is 219 Å². The Morgan fingerprint density at radius 2 is 1.16 bits per heavy atom. The lowest BCUT2D eigenvalue weighted by Gasteiger charge is -2.09. The summed E-state index contributed by atoms with van der Waals surface area (Å²) in [5, 5.41) is 6.09. The van der Waals surface area contributed by atoms with Gasteiger partial charge in [0.15, 0.2) is 5.82 Å². The molecule has 0 amide bonds. The van der Waals surface area contributed by atoms with Gasteiger partial charge in [-0.15, -0.1) is 0 Å². The summed E-state index contributed by atoms with van der Waals surface area (Å²) >= 11 is 0.